The fraction of sp³-hybridized carbons (Fsp3) is 0.286. The molecule has 2 aromatic rings. The molecule has 0 spiro atoms. The zero-order valence-electron chi connectivity index (χ0n) is 12.9. The Morgan fingerprint density at radius 3 is 2.36 bits per heavy atom. The molecule has 0 N–H and O–H groups in total. The molecule has 0 fully saturated rings. The number of para-hydroxylation sites is 2. The number of aromatic nitrogens is 2. The first-order valence-corrected chi connectivity index (χ1v) is 8.46. The largest absolute Gasteiger partial charge is 0.467 e. The maximum atomic E-state index is 12.5. The van der Waals surface area contributed by atoms with Gasteiger partial charge in [-0.3, -0.25) is 4.31 Å². The van der Waals surface area contributed by atoms with Crippen LogP contribution in [-0.2, 0) is 16.8 Å². The first-order valence-electron chi connectivity index (χ1n) is 7.06. The van der Waals surface area contributed by atoms with E-state index in [1.165, 1.54) is 19.2 Å². The van der Waals surface area contributed by atoms with Crippen molar-refractivity contribution in [3.05, 3.63) is 42.1 Å². The van der Waals surface area contributed by atoms with Gasteiger partial charge in [0.15, 0.2) is 6.61 Å². The average molecular weight is 374 g/mol. The fourth-order valence-corrected chi connectivity index (χ4v) is 3.71. The Kier molecular flexibility index (Phi) is 4.19. The van der Waals surface area contributed by atoms with E-state index in [-0.39, 0.29) is 18.1 Å². The lowest BCUT2D eigenvalue weighted by molar-refractivity contribution is -0.154. The van der Waals surface area contributed by atoms with Gasteiger partial charge in [0.1, 0.15) is 0 Å². The predicted molar refractivity (Wildman–Crippen MR) is 83.5 cm³/mol. The Hall–Kier alpha value is -2.56. The molecule has 1 aromatic heterocycles. The summed E-state index contributed by atoms with van der Waals surface area (Å²) >= 11 is 0. The van der Waals surface area contributed by atoms with Crippen molar-refractivity contribution >= 4 is 21.6 Å². The number of halogens is 3. The van der Waals surface area contributed by atoms with Gasteiger partial charge in [-0.1, -0.05) is 12.1 Å². The highest BCUT2D eigenvalue weighted by Gasteiger charge is 2.37. The van der Waals surface area contributed by atoms with Crippen LogP contribution in [0.3, 0.4) is 0 Å². The molecule has 1 aliphatic heterocycles. The number of benzene rings is 1. The highest BCUT2D eigenvalue weighted by molar-refractivity contribution is 7.94. The number of hydrogen-bond acceptors (Lipinski definition) is 5. The van der Waals surface area contributed by atoms with Gasteiger partial charge in [0, 0.05) is 13.1 Å². The quantitative estimate of drug-likeness (QED) is 0.820. The minimum atomic E-state index is -4.47. The van der Waals surface area contributed by atoms with Crippen LogP contribution in [0.2, 0.25) is 0 Å². The summed E-state index contributed by atoms with van der Waals surface area (Å²) in [5.74, 6) is -0.289. The molecule has 134 valence electrons. The van der Waals surface area contributed by atoms with E-state index < -0.39 is 23.0 Å². The lowest BCUT2D eigenvalue weighted by Crippen LogP contribution is -2.35. The number of ether oxygens (including phenoxy) is 1. The Labute approximate surface area is 141 Å². The van der Waals surface area contributed by atoms with Crippen LogP contribution in [-0.4, -0.2) is 38.4 Å². The van der Waals surface area contributed by atoms with Gasteiger partial charge in [-0.2, -0.15) is 21.6 Å². The molecule has 2 heterocycles. The van der Waals surface area contributed by atoms with Crippen LogP contribution in [0.4, 0.5) is 24.5 Å². The SMILES string of the molecule is CN1c2ccccc2N(Cc2ccc(OCC(F)(F)F)nn2)S1(=O)=O. The second kappa shape index (κ2) is 6.06. The molecule has 0 radical (unpaired) electrons. The number of alkyl halides is 3. The van der Waals surface area contributed by atoms with E-state index in [9.17, 15) is 21.6 Å². The highest BCUT2D eigenvalue weighted by atomic mass is 32.2. The van der Waals surface area contributed by atoms with Gasteiger partial charge in [0.05, 0.1) is 23.6 Å². The number of anilines is 2. The molecule has 25 heavy (non-hydrogen) atoms. The molecule has 11 heteroatoms. The van der Waals surface area contributed by atoms with Crippen molar-refractivity contribution in [3.63, 3.8) is 0 Å². The topological polar surface area (TPSA) is 75.6 Å². The highest BCUT2D eigenvalue weighted by Crippen LogP contribution is 2.40. The zero-order chi connectivity index (χ0) is 18.2. The van der Waals surface area contributed by atoms with Crippen molar-refractivity contribution in [2.45, 2.75) is 12.7 Å². The van der Waals surface area contributed by atoms with E-state index in [0.717, 1.165) is 8.61 Å². The van der Waals surface area contributed by atoms with Crippen molar-refractivity contribution in [1.82, 2.24) is 10.2 Å². The molecule has 1 aromatic carbocycles. The summed E-state index contributed by atoms with van der Waals surface area (Å²) in [5.41, 5.74) is 1.29. The minimum Gasteiger partial charge on any atom is -0.467 e. The summed E-state index contributed by atoms with van der Waals surface area (Å²) in [6, 6.07) is 9.35. The van der Waals surface area contributed by atoms with Gasteiger partial charge in [-0.25, -0.2) is 4.31 Å². The summed E-state index contributed by atoms with van der Waals surface area (Å²) in [4.78, 5) is 0. The average Bonchev–Trinajstić information content (AvgIpc) is 2.75. The van der Waals surface area contributed by atoms with Crippen molar-refractivity contribution < 1.29 is 26.3 Å². The molecule has 0 saturated heterocycles. The normalized spacial score (nSPS) is 16.0. The number of rotatable bonds is 4. The summed E-state index contributed by atoms with van der Waals surface area (Å²) in [6.45, 7) is -1.57. The van der Waals surface area contributed by atoms with Crippen LogP contribution in [0.5, 0.6) is 5.88 Å². The lowest BCUT2D eigenvalue weighted by atomic mass is 10.2. The van der Waals surface area contributed by atoms with Gasteiger partial charge in [0.25, 0.3) is 0 Å². The molecule has 1 aliphatic rings. The summed E-state index contributed by atoms with van der Waals surface area (Å²) in [7, 11) is -2.31. The van der Waals surface area contributed by atoms with Crippen LogP contribution < -0.4 is 13.3 Å². The van der Waals surface area contributed by atoms with Gasteiger partial charge >= 0.3 is 16.4 Å². The molecule has 0 saturated carbocycles. The monoisotopic (exact) mass is 374 g/mol. The Bertz CT molecular complexity index is 872. The third-order valence-corrected chi connectivity index (χ3v) is 5.27. The molecule has 0 amide bonds. The molecule has 0 unspecified atom stereocenters. The lowest BCUT2D eigenvalue weighted by Gasteiger charge is -2.18. The van der Waals surface area contributed by atoms with Gasteiger partial charge in [-0.15, -0.1) is 10.2 Å². The maximum Gasteiger partial charge on any atom is 0.422 e. The van der Waals surface area contributed by atoms with Crippen LogP contribution in [0.1, 0.15) is 5.69 Å². The van der Waals surface area contributed by atoms with Gasteiger partial charge in [0.2, 0.25) is 5.88 Å². The number of fused-ring (bicyclic) bond motifs is 1. The van der Waals surface area contributed by atoms with E-state index in [0.29, 0.717) is 11.4 Å². The molecule has 0 bridgehead atoms. The Morgan fingerprint density at radius 1 is 1.08 bits per heavy atom. The second-order valence-corrected chi connectivity index (χ2v) is 7.12. The minimum absolute atomic E-state index is 0.101. The molecule has 7 nitrogen and oxygen atoms in total. The van der Waals surface area contributed by atoms with Crippen LogP contribution in [0, 0.1) is 0 Å². The maximum absolute atomic E-state index is 12.5. The van der Waals surface area contributed by atoms with Gasteiger partial charge < -0.3 is 4.74 Å². The fourth-order valence-electron chi connectivity index (χ4n) is 2.32. The molecule has 3 rings (SSSR count). The van der Waals surface area contributed by atoms with Crippen LogP contribution in [0.15, 0.2) is 36.4 Å². The molecule has 0 atom stereocenters. The number of hydrogen-bond donors (Lipinski definition) is 0. The smallest absolute Gasteiger partial charge is 0.422 e. The van der Waals surface area contributed by atoms with Crippen molar-refractivity contribution in [2.75, 3.05) is 22.3 Å². The number of nitrogens with zero attached hydrogens (tertiary/aromatic N) is 4. The Morgan fingerprint density at radius 2 is 1.76 bits per heavy atom. The van der Waals surface area contributed by atoms with Crippen LogP contribution >= 0.6 is 0 Å². The van der Waals surface area contributed by atoms with E-state index in [4.69, 9.17) is 0 Å². The van der Waals surface area contributed by atoms with Crippen molar-refractivity contribution in [1.29, 1.82) is 0 Å². The van der Waals surface area contributed by atoms with Gasteiger partial charge in [-0.05, 0) is 18.2 Å². The molecular weight excluding hydrogens is 361 g/mol. The standard InChI is InChI=1S/C14H13F3N4O3S/c1-20-11-4-2-3-5-12(11)21(25(20,22)23)8-10-6-7-13(19-18-10)24-9-14(15,16)17/h2-7H,8-9H2,1H3. The Balaban J connectivity index is 1.78. The van der Waals surface area contributed by atoms with E-state index in [1.807, 2.05) is 0 Å². The third kappa shape index (κ3) is 3.45. The van der Waals surface area contributed by atoms with E-state index in [1.54, 1.807) is 24.3 Å². The van der Waals surface area contributed by atoms with Crippen LogP contribution in [0.25, 0.3) is 0 Å². The van der Waals surface area contributed by atoms with E-state index in [2.05, 4.69) is 14.9 Å². The summed E-state index contributed by atoms with van der Waals surface area (Å²) < 4.78 is 68.1. The molecule has 0 aliphatic carbocycles. The third-order valence-electron chi connectivity index (χ3n) is 3.50. The van der Waals surface area contributed by atoms with Crippen molar-refractivity contribution in [2.24, 2.45) is 0 Å². The van der Waals surface area contributed by atoms with E-state index >= 15 is 0 Å². The first-order chi connectivity index (χ1) is 11.7. The zero-order valence-corrected chi connectivity index (χ0v) is 13.8. The molecular formula is C14H13F3N4O3S. The summed E-state index contributed by atoms with van der Waals surface area (Å²) in [6.07, 6.45) is -4.47. The summed E-state index contributed by atoms with van der Waals surface area (Å²) in [5, 5.41) is 7.28. The second-order valence-electron chi connectivity index (χ2n) is 5.24. The van der Waals surface area contributed by atoms with Crippen molar-refractivity contribution in [3.8, 4) is 5.88 Å². The first kappa shape index (κ1) is 17.3. The predicted octanol–water partition coefficient (Wildman–Crippen LogP) is 2.12.